The zero-order chi connectivity index (χ0) is 31.3. The fraction of sp³-hybridized carbons (Fsp3) is 0.344. The predicted molar refractivity (Wildman–Crippen MR) is 170 cm³/mol. The summed E-state index contributed by atoms with van der Waals surface area (Å²) in [7, 11) is -3.86. The number of carbonyl (C=O) groups is 3. The van der Waals surface area contributed by atoms with Gasteiger partial charge in [0.25, 0.3) is 11.8 Å². The lowest BCUT2D eigenvalue weighted by molar-refractivity contribution is -0.126. The van der Waals surface area contributed by atoms with Crippen molar-refractivity contribution >= 4 is 68.1 Å². The van der Waals surface area contributed by atoms with Crippen LogP contribution in [-0.2, 0) is 25.2 Å². The molecule has 1 saturated carbocycles. The molecule has 230 valence electrons. The highest BCUT2D eigenvalue weighted by molar-refractivity contribution is 7.90. The van der Waals surface area contributed by atoms with Crippen molar-refractivity contribution in [1.29, 1.82) is 0 Å². The first-order valence-electron chi connectivity index (χ1n) is 14.5. The SMILES string of the molecule is Cc1[nH]c(/C=C2\C(=O)Nc3ccc(S(=O)(=O)Cc4c(Cl)cccc4Cl)cc32)c(C)c1C(=O)N1CCC[C@@H](C(=O)NC2CC2)C1. The smallest absolute Gasteiger partial charge is 0.256 e. The van der Waals surface area contributed by atoms with Gasteiger partial charge in [0.15, 0.2) is 9.84 Å². The van der Waals surface area contributed by atoms with Crippen LogP contribution in [0.25, 0.3) is 11.6 Å². The van der Waals surface area contributed by atoms with Gasteiger partial charge in [-0.2, -0.15) is 0 Å². The second kappa shape index (κ2) is 11.7. The minimum Gasteiger partial charge on any atom is -0.358 e. The molecule has 6 rings (SSSR count). The van der Waals surface area contributed by atoms with Gasteiger partial charge in [-0.15, -0.1) is 0 Å². The van der Waals surface area contributed by atoms with Gasteiger partial charge in [0.05, 0.1) is 27.7 Å². The molecule has 3 heterocycles. The molecular formula is C32H32Cl2N4O5S. The number of likely N-dealkylation sites (tertiary alicyclic amines) is 1. The first kappa shape index (κ1) is 30.4. The summed E-state index contributed by atoms with van der Waals surface area (Å²) < 4.78 is 26.8. The largest absolute Gasteiger partial charge is 0.358 e. The van der Waals surface area contributed by atoms with Crippen molar-refractivity contribution in [2.75, 3.05) is 18.4 Å². The molecule has 0 spiro atoms. The number of aromatic amines is 1. The third-order valence-corrected chi connectivity index (χ3v) is 10.9. The van der Waals surface area contributed by atoms with Crippen molar-refractivity contribution in [2.45, 2.75) is 56.2 Å². The van der Waals surface area contributed by atoms with Crippen LogP contribution in [0, 0.1) is 19.8 Å². The van der Waals surface area contributed by atoms with Gasteiger partial charge in [0.2, 0.25) is 5.91 Å². The van der Waals surface area contributed by atoms with E-state index in [4.69, 9.17) is 23.2 Å². The van der Waals surface area contributed by atoms with Crippen LogP contribution in [0.2, 0.25) is 10.0 Å². The molecule has 12 heteroatoms. The van der Waals surface area contributed by atoms with Crippen LogP contribution in [0.1, 0.15) is 64.1 Å². The summed E-state index contributed by atoms with van der Waals surface area (Å²) in [6.45, 7) is 4.55. The number of sulfone groups is 1. The van der Waals surface area contributed by atoms with E-state index < -0.39 is 15.6 Å². The summed E-state index contributed by atoms with van der Waals surface area (Å²) in [5.41, 5.74) is 3.88. The molecule has 3 amide bonds. The van der Waals surface area contributed by atoms with Crippen LogP contribution < -0.4 is 10.6 Å². The normalized spacial score (nSPS) is 19.2. The van der Waals surface area contributed by atoms with Crippen LogP contribution in [0.15, 0.2) is 41.3 Å². The molecule has 0 radical (unpaired) electrons. The Labute approximate surface area is 265 Å². The summed E-state index contributed by atoms with van der Waals surface area (Å²) in [6.07, 6.45) is 5.17. The fourth-order valence-corrected chi connectivity index (χ4v) is 8.03. The third kappa shape index (κ3) is 5.90. The van der Waals surface area contributed by atoms with E-state index in [1.165, 1.54) is 12.1 Å². The van der Waals surface area contributed by atoms with E-state index in [9.17, 15) is 22.8 Å². The minimum absolute atomic E-state index is 0.0141. The maximum Gasteiger partial charge on any atom is 0.256 e. The van der Waals surface area contributed by atoms with E-state index in [0.29, 0.717) is 52.4 Å². The molecule has 1 aliphatic carbocycles. The summed E-state index contributed by atoms with van der Waals surface area (Å²) in [4.78, 5) is 44.4. The standard InChI is InChI=1S/C32H32Cl2N4O5S/c1-17-28(35-18(2)29(17)32(41)38-12-4-5-19(15-38)30(39)36-20-8-9-20)14-23-22-13-21(10-11-27(22)37-31(23)40)44(42,43)16-24-25(33)6-3-7-26(24)34/h3,6-7,10-11,13-14,19-20,35H,4-5,8-9,12,15-16H2,1-2H3,(H,36,39)(H,37,40)/b23-14-/t19-/m1/s1. The maximum atomic E-state index is 13.7. The van der Waals surface area contributed by atoms with Crippen LogP contribution in [0.5, 0.6) is 0 Å². The number of aromatic nitrogens is 1. The first-order chi connectivity index (χ1) is 20.9. The van der Waals surface area contributed by atoms with Gasteiger partial charge in [-0.25, -0.2) is 8.42 Å². The Morgan fingerprint density at radius 2 is 1.82 bits per heavy atom. The zero-order valence-electron chi connectivity index (χ0n) is 24.3. The predicted octanol–water partition coefficient (Wildman–Crippen LogP) is 5.54. The molecular weight excluding hydrogens is 623 g/mol. The second-order valence-electron chi connectivity index (χ2n) is 11.7. The van der Waals surface area contributed by atoms with Crippen LogP contribution in [0.3, 0.4) is 0 Å². The number of anilines is 1. The van der Waals surface area contributed by atoms with E-state index in [-0.39, 0.29) is 50.2 Å². The number of aryl methyl sites for hydroxylation is 1. The van der Waals surface area contributed by atoms with Gasteiger partial charge in [0.1, 0.15) is 0 Å². The van der Waals surface area contributed by atoms with Crippen molar-refractivity contribution in [1.82, 2.24) is 15.2 Å². The van der Waals surface area contributed by atoms with Gasteiger partial charge in [-0.1, -0.05) is 29.3 Å². The Balaban J connectivity index is 1.27. The van der Waals surface area contributed by atoms with Gasteiger partial charge in [-0.05, 0) is 81.5 Å². The molecule has 1 aromatic heterocycles. The van der Waals surface area contributed by atoms with Gasteiger partial charge in [-0.3, -0.25) is 14.4 Å². The summed E-state index contributed by atoms with van der Waals surface area (Å²) in [5.74, 6) is -1.16. The van der Waals surface area contributed by atoms with Gasteiger partial charge in [0, 0.05) is 57.4 Å². The zero-order valence-corrected chi connectivity index (χ0v) is 26.6. The van der Waals surface area contributed by atoms with Gasteiger partial charge < -0.3 is 20.5 Å². The topological polar surface area (TPSA) is 128 Å². The molecule has 3 N–H and O–H groups in total. The molecule has 0 bridgehead atoms. The number of piperidine rings is 1. The monoisotopic (exact) mass is 654 g/mol. The average molecular weight is 656 g/mol. The highest BCUT2D eigenvalue weighted by atomic mass is 35.5. The van der Waals surface area contributed by atoms with Crippen LogP contribution in [0.4, 0.5) is 5.69 Å². The van der Waals surface area contributed by atoms with Crippen molar-refractivity contribution in [3.8, 4) is 0 Å². The Hall–Kier alpha value is -3.60. The van der Waals surface area contributed by atoms with Gasteiger partial charge >= 0.3 is 0 Å². The number of halogens is 2. The maximum absolute atomic E-state index is 13.7. The molecule has 2 aromatic carbocycles. The Morgan fingerprint density at radius 1 is 1.09 bits per heavy atom. The van der Waals surface area contributed by atoms with Crippen molar-refractivity contribution < 1.29 is 22.8 Å². The van der Waals surface area contributed by atoms with Crippen LogP contribution in [-0.4, -0.2) is 55.2 Å². The molecule has 3 aromatic rings. The summed E-state index contributed by atoms with van der Waals surface area (Å²) >= 11 is 12.5. The average Bonchev–Trinajstić information content (AvgIpc) is 3.69. The van der Waals surface area contributed by atoms with E-state index in [0.717, 1.165) is 25.7 Å². The highest BCUT2D eigenvalue weighted by Gasteiger charge is 2.34. The molecule has 1 atom stereocenters. The number of fused-ring (bicyclic) bond motifs is 1. The number of H-pyrrole nitrogens is 1. The minimum atomic E-state index is -3.86. The lowest BCUT2D eigenvalue weighted by atomic mass is 9.96. The first-order valence-corrected chi connectivity index (χ1v) is 17.0. The Kier molecular flexibility index (Phi) is 8.11. The number of hydrogen-bond acceptors (Lipinski definition) is 5. The number of benzene rings is 2. The lowest BCUT2D eigenvalue weighted by Gasteiger charge is -2.32. The Bertz CT molecular complexity index is 1820. The summed E-state index contributed by atoms with van der Waals surface area (Å²) in [6, 6.07) is 9.55. The van der Waals surface area contributed by atoms with E-state index in [1.54, 1.807) is 42.2 Å². The highest BCUT2D eigenvalue weighted by Crippen LogP contribution is 2.37. The molecule has 9 nitrogen and oxygen atoms in total. The molecule has 3 aliphatic rings. The van der Waals surface area contributed by atoms with E-state index in [2.05, 4.69) is 15.6 Å². The Morgan fingerprint density at radius 3 is 2.52 bits per heavy atom. The number of carbonyl (C=O) groups excluding carboxylic acids is 3. The van der Waals surface area contributed by atoms with E-state index in [1.807, 2.05) is 6.92 Å². The molecule has 0 unspecified atom stereocenters. The van der Waals surface area contributed by atoms with Crippen molar-refractivity contribution in [3.63, 3.8) is 0 Å². The number of hydrogen-bond donors (Lipinski definition) is 3. The molecule has 2 fully saturated rings. The summed E-state index contributed by atoms with van der Waals surface area (Å²) in [5, 5.41) is 6.35. The van der Waals surface area contributed by atoms with E-state index >= 15 is 0 Å². The number of nitrogens with zero attached hydrogens (tertiary/aromatic N) is 1. The lowest BCUT2D eigenvalue weighted by Crippen LogP contribution is -2.46. The molecule has 1 saturated heterocycles. The second-order valence-corrected chi connectivity index (χ2v) is 14.5. The van der Waals surface area contributed by atoms with Crippen LogP contribution >= 0.6 is 23.2 Å². The molecule has 44 heavy (non-hydrogen) atoms. The quantitative estimate of drug-likeness (QED) is 0.288. The van der Waals surface area contributed by atoms with Crippen molar-refractivity contribution in [2.24, 2.45) is 5.92 Å². The number of rotatable bonds is 7. The third-order valence-electron chi connectivity index (χ3n) is 8.51. The molecule has 2 aliphatic heterocycles. The number of nitrogens with one attached hydrogen (secondary N) is 3. The fourth-order valence-electron chi connectivity index (χ4n) is 5.91. The van der Waals surface area contributed by atoms with Crippen molar-refractivity contribution in [3.05, 3.63) is 80.1 Å². The number of amides is 3.